The molecule has 1 amide bonds. The molecular formula is C17H22FNO3. The van der Waals surface area contributed by atoms with Crippen LogP contribution in [-0.4, -0.2) is 36.0 Å². The summed E-state index contributed by atoms with van der Waals surface area (Å²) in [4.78, 5) is 25.7. The van der Waals surface area contributed by atoms with Crippen molar-refractivity contribution in [1.29, 1.82) is 0 Å². The molecule has 0 saturated carbocycles. The zero-order chi connectivity index (χ0) is 16.1. The molecule has 1 saturated heterocycles. The van der Waals surface area contributed by atoms with E-state index in [9.17, 15) is 14.0 Å². The van der Waals surface area contributed by atoms with E-state index in [0.29, 0.717) is 37.9 Å². The summed E-state index contributed by atoms with van der Waals surface area (Å²) in [6.45, 7) is 4.77. The predicted octanol–water partition coefficient (Wildman–Crippen LogP) is 3.08. The molecule has 0 aliphatic carbocycles. The minimum Gasteiger partial charge on any atom is -0.459 e. The molecule has 0 bridgehead atoms. The van der Waals surface area contributed by atoms with Crippen molar-refractivity contribution in [3.8, 4) is 0 Å². The topological polar surface area (TPSA) is 46.6 Å². The van der Waals surface area contributed by atoms with Crippen molar-refractivity contribution in [2.24, 2.45) is 0 Å². The molecule has 0 spiro atoms. The summed E-state index contributed by atoms with van der Waals surface area (Å²) in [6, 6.07) is 4.69. The average Bonchev–Trinajstić information content (AvgIpc) is 2.51. The summed E-state index contributed by atoms with van der Waals surface area (Å²) in [5.74, 6) is -1.00. The third-order valence-electron chi connectivity index (χ3n) is 3.94. The number of ether oxygens (including phenoxy) is 1. The maximum atomic E-state index is 13.9. The normalized spacial score (nSPS) is 15.7. The van der Waals surface area contributed by atoms with Gasteiger partial charge >= 0.3 is 5.97 Å². The van der Waals surface area contributed by atoms with Gasteiger partial charge in [0.2, 0.25) is 5.91 Å². The number of benzene rings is 1. The number of carbonyl (C=O) groups is 2. The molecular weight excluding hydrogens is 285 g/mol. The lowest BCUT2D eigenvalue weighted by molar-refractivity contribution is -0.133. The smallest absolute Gasteiger partial charge is 0.341 e. The first-order valence-corrected chi connectivity index (χ1v) is 7.76. The fourth-order valence-electron chi connectivity index (χ4n) is 2.61. The number of rotatable bonds is 4. The Morgan fingerprint density at radius 2 is 2.00 bits per heavy atom. The molecule has 1 aromatic carbocycles. The highest BCUT2D eigenvalue weighted by Gasteiger charge is 2.26. The number of amides is 1. The summed E-state index contributed by atoms with van der Waals surface area (Å²) in [6.07, 6.45) is 2.35. The molecule has 0 radical (unpaired) electrons. The number of carbonyl (C=O) groups excluding carboxylic acids is 2. The highest BCUT2D eigenvalue weighted by atomic mass is 19.1. The number of aryl methyl sites for hydroxylation is 1. The maximum absolute atomic E-state index is 13.9. The van der Waals surface area contributed by atoms with Crippen LogP contribution in [0.25, 0.3) is 0 Å². The van der Waals surface area contributed by atoms with Gasteiger partial charge in [-0.05, 0) is 25.0 Å². The molecule has 0 atom stereocenters. The van der Waals surface area contributed by atoms with Gasteiger partial charge in [-0.3, -0.25) is 4.79 Å². The van der Waals surface area contributed by atoms with E-state index in [1.165, 1.54) is 6.07 Å². The summed E-state index contributed by atoms with van der Waals surface area (Å²) in [5.41, 5.74) is 0.402. The Morgan fingerprint density at radius 3 is 2.64 bits per heavy atom. The third kappa shape index (κ3) is 3.84. The van der Waals surface area contributed by atoms with Gasteiger partial charge in [0.15, 0.2) is 0 Å². The van der Waals surface area contributed by atoms with Gasteiger partial charge in [-0.2, -0.15) is 0 Å². The van der Waals surface area contributed by atoms with Crippen molar-refractivity contribution < 1.29 is 18.7 Å². The van der Waals surface area contributed by atoms with Gasteiger partial charge in [-0.1, -0.05) is 19.1 Å². The second-order valence-corrected chi connectivity index (χ2v) is 5.67. The first-order valence-electron chi connectivity index (χ1n) is 7.76. The van der Waals surface area contributed by atoms with Crippen LogP contribution in [0.2, 0.25) is 0 Å². The summed E-state index contributed by atoms with van der Waals surface area (Å²) < 4.78 is 19.3. The number of hydrogen-bond donors (Lipinski definition) is 0. The monoisotopic (exact) mass is 307 g/mol. The second-order valence-electron chi connectivity index (χ2n) is 5.67. The summed E-state index contributed by atoms with van der Waals surface area (Å²) >= 11 is 0. The highest BCUT2D eigenvalue weighted by Crippen LogP contribution is 2.19. The molecule has 5 heteroatoms. The largest absolute Gasteiger partial charge is 0.459 e. The molecule has 0 N–H and O–H groups in total. The van der Waals surface area contributed by atoms with Crippen molar-refractivity contribution in [2.75, 3.05) is 13.1 Å². The van der Waals surface area contributed by atoms with Crippen LogP contribution >= 0.6 is 0 Å². The zero-order valence-electron chi connectivity index (χ0n) is 13.1. The molecule has 2 rings (SSSR count). The Balaban J connectivity index is 1.89. The first kappa shape index (κ1) is 16.5. The van der Waals surface area contributed by atoms with Crippen LogP contribution in [-0.2, 0) is 9.53 Å². The Hall–Kier alpha value is -1.91. The standard InChI is InChI=1S/C17H22FNO3/c1-3-5-15(20)19-10-8-13(9-11-19)22-17(21)14-7-4-6-12(2)16(14)18/h4,6-7,13H,3,5,8-11H2,1-2H3. The number of hydrogen-bond acceptors (Lipinski definition) is 3. The van der Waals surface area contributed by atoms with E-state index in [2.05, 4.69) is 0 Å². The molecule has 1 heterocycles. The van der Waals surface area contributed by atoms with Crippen molar-refractivity contribution in [2.45, 2.75) is 45.6 Å². The van der Waals surface area contributed by atoms with Crippen LogP contribution in [0.5, 0.6) is 0 Å². The molecule has 4 nitrogen and oxygen atoms in total. The minimum absolute atomic E-state index is 0.0236. The van der Waals surface area contributed by atoms with E-state index in [1.807, 2.05) is 6.92 Å². The van der Waals surface area contributed by atoms with E-state index in [0.717, 1.165) is 6.42 Å². The molecule has 22 heavy (non-hydrogen) atoms. The number of nitrogens with zero attached hydrogens (tertiary/aromatic N) is 1. The first-order chi connectivity index (χ1) is 10.5. The molecule has 1 aliphatic rings. The van der Waals surface area contributed by atoms with Gasteiger partial charge in [-0.15, -0.1) is 0 Å². The maximum Gasteiger partial charge on any atom is 0.341 e. The van der Waals surface area contributed by atoms with Gasteiger partial charge in [0.25, 0.3) is 0 Å². The average molecular weight is 307 g/mol. The molecule has 1 aliphatic heterocycles. The van der Waals surface area contributed by atoms with Crippen LogP contribution in [0.3, 0.4) is 0 Å². The van der Waals surface area contributed by atoms with E-state index >= 15 is 0 Å². The fourth-order valence-corrected chi connectivity index (χ4v) is 2.61. The van der Waals surface area contributed by atoms with E-state index in [4.69, 9.17) is 4.74 Å². The third-order valence-corrected chi connectivity index (χ3v) is 3.94. The van der Waals surface area contributed by atoms with Crippen LogP contribution < -0.4 is 0 Å². The molecule has 0 aromatic heterocycles. The van der Waals surface area contributed by atoms with Gasteiger partial charge in [0.05, 0.1) is 5.56 Å². The van der Waals surface area contributed by atoms with E-state index in [-0.39, 0.29) is 17.6 Å². The van der Waals surface area contributed by atoms with Gasteiger partial charge in [0, 0.05) is 32.4 Å². The van der Waals surface area contributed by atoms with Crippen molar-refractivity contribution >= 4 is 11.9 Å². The number of piperidine rings is 1. The quantitative estimate of drug-likeness (QED) is 0.803. The Morgan fingerprint density at radius 1 is 1.32 bits per heavy atom. The zero-order valence-corrected chi connectivity index (χ0v) is 13.1. The molecule has 120 valence electrons. The lowest BCUT2D eigenvalue weighted by atomic mass is 10.1. The van der Waals surface area contributed by atoms with Crippen molar-refractivity contribution in [3.05, 3.63) is 35.1 Å². The fraction of sp³-hybridized carbons (Fsp3) is 0.529. The number of esters is 1. The highest BCUT2D eigenvalue weighted by molar-refractivity contribution is 5.90. The number of likely N-dealkylation sites (tertiary alicyclic amines) is 1. The molecule has 1 fully saturated rings. The van der Waals surface area contributed by atoms with Gasteiger partial charge < -0.3 is 9.64 Å². The molecule has 0 unspecified atom stereocenters. The van der Waals surface area contributed by atoms with E-state index in [1.54, 1.807) is 24.0 Å². The summed E-state index contributed by atoms with van der Waals surface area (Å²) in [7, 11) is 0. The van der Waals surface area contributed by atoms with Crippen LogP contribution in [0, 0.1) is 12.7 Å². The summed E-state index contributed by atoms with van der Waals surface area (Å²) in [5, 5.41) is 0. The predicted molar refractivity (Wildman–Crippen MR) is 81.1 cm³/mol. The van der Waals surface area contributed by atoms with E-state index < -0.39 is 11.8 Å². The van der Waals surface area contributed by atoms with Crippen LogP contribution in [0.1, 0.15) is 48.5 Å². The number of halogens is 1. The van der Waals surface area contributed by atoms with Gasteiger partial charge in [0.1, 0.15) is 11.9 Å². The Labute approximate surface area is 130 Å². The van der Waals surface area contributed by atoms with Crippen molar-refractivity contribution in [3.63, 3.8) is 0 Å². The second kappa shape index (κ2) is 7.38. The SMILES string of the molecule is CCCC(=O)N1CCC(OC(=O)c2cccc(C)c2F)CC1. The lowest BCUT2D eigenvalue weighted by Crippen LogP contribution is -2.41. The Kier molecular flexibility index (Phi) is 5.52. The van der Waals surface area contributed by atoms with Gasteiger partial charge in [-0.25, -0.2) is 9.18 Å². The van der Waals surface area contributed by atoms with Crippen LogP contribution in [0.4, 0.5) is 4.39 Å². The minimum atomic E-state index is -0.625. The molecule has 1 aromatic rings. The Bertz CT molecular complexity index is 551. The lowest BCUT2D eigenvalue weighted by Gasteiger charge is -2.31. The van der Waals surface area contributed by atoms with Crippen LogP contribution in [0.15, 0.2) is 18.2 Å². The van der Waals surface area contributed by atoms with Crippen molar-refractivity contribution in [1.82, 2.24) is 4.90 Å².